The number of amides is 2. The van der Waals surface area contributed by atoms with E-state index in [0.29, 0.717) is 13.1 Å². The summed E-state index contributed by atoms with van der Waals surface area (Å²) in [4.78, 5) is 11.3. The molecule has 0 saturated heterocycles. The van der Waals surface area contributed by atoms with E-state index >= 15 is 0 Å². The first-order chi connectivity index (χ1) is 7.02. The molecule has 0 aliphatic heterocycles. The van der Waals surface area contributed by atoms with E-state index in [1.54, 1.807) is 0 Å². The van der Waals surface area contributed by atoms with Gasteiger partial charge in [0.05, 0.1) is 0 Å². The second kappa shape index (κ2) is 7.51. The molecule has 0 heterocycles. The zero-order chi connectivity index (χ0) is 11.7. The van der Waals surface area contributed by atoms with E-state index in [1.807, 2.05) is 6.92 Å². The minimum atomic E-state index is -0.103. The summed E-state index contributed by atoms with van der Waals surface area (Å²) in [6.07, 6.45) is 2.64. The van der Waals surface area contributed by atoms with Crippen molar-refractivity contribution in [1.82, 2.24) is 10.6 Å². The molecule has 0 radical (unpaired) electrons. The van der Waals surface area contributed by atoms with E-state index in [0.717, 1.165) is 19.3 Å². The average molecular weight is 216 g/mol. The van der Waals surface area contributed by atoms with Gasteiger partial charge in [0.25, 0.3) is 0 Å². The molecule has 0 aliphatic rings. The van der Waals surface area contributed by atoms with Crippen molar-refractivity contribution in [3.63, 3.8) is 0 Å². The van der Waals surface area contributed by atoms with E-state index < -0.39 is 0 Å². The fourth-order valence-electron chi connectivity index (χ4n) is 1.27. The number of rotatable bonds is 7. The van der Waals surface area contributed by atoms with Gasteiger partial charge in [-0.1, -0.05) is 20.8 Å². The molecule has 0 unspecified atom stereocenters. The first-order valence-corrected chi connectivity index (χ1v) is 5.64. The van der Waals surface area contributed by atoms with E-state index in [-0.39, 0.29) is 18.1 Å². The molecule has 0 aromatic carbocycles. The van der Waals surface area contributed by atoms with E-state index in [2.05, 4.69) is 24.5 Å². The van der Waals surface area contributed by atoms with Gasteiger partial charge in [-0.15, -0.1) is 0 Å². The van der Waals surface area contributed by atoms with Crippen LogP contribution in [0.3, 0.4) is 0 Å². The van der Waals surface area contributed by atoms with Crippen molar-refractivity contribution >= 4 is 6.03 Å². The summed E-state index contributed by atoms with van der Waals surface area (Å²) in [7, 11) is 0. The molecule has 3 N–H and O–H groups in total. The Morgan fingerprint density at radius 3 is 2.53 bits per heavy atom. The quantitative estimate of drug-likeness (QED) is 0.604. The number of carbonyl (C=O) groups is 1. The summed E-state index contributed by atoms with van der Waals surface area (Å²) in [5.41, 5.74) is 0.0479. The first-order valence-electron chi connectivity index (χ1n) is 5.64. The highest BCUT2D eigenvalue weighted by atomic mass is 16.2. The van der Waals surface area contributed by atoms with Gasteiger partial charge < -0.3 is 15.7 Å². The van der Waals surface area contributed by atoms with Crippen molar-refractivity contribution in [3.8, 4) is 0 Å². The van der Waals surface area contributed by atoms with Gasteiger partial charge in [0.1, 0.15) is 0 Å². The van der Waals surface area contributed by atoms with Crippen LogP contribution in [0.5, 0.6) is 0 Å². The minimum Gasteiger partial charge on any atom is -0.396 e. The molecule has 0 rings (SSSR count). The zero-order valence-electron chi connectivity index (χ0n) is 10.1. The molecule has 0 aromatic heterocycles. The van der Waals surface area contributed by atoms with Crippen molar-refractivity contribution in [2.75, 3.05) is 19.7 Å². The highest BCUT2D eigenvalue weighted by Crippen LogP contribution is 2.20. The molecule has 0 atom stereocenters. The molecule has 0 saturated carbocycles. The third-order valence-corrected chi connectivity index (χ3v) is 2.27. The van der Waals surface area contributed by atoms with Crippen molar-refractivity contribution in [2.24, 2.45) is 5.41 Å². The van der Waals surface area contributed by atoms with E-state index in [9.17, 15) is 4.79 Å². The van der Waals surface area contributed by atoms with Gasteiger partial charge in [-0.05, 0) is 24.7 Å². The molecule has 0 bridgehead atoms. The first kappa shape index (κ1) is 14.2. The number of aliphatic hydroxyl groups excluding tert-OH is 1. The van der Waals surface area contributed by atoms with Gasteiger partial charge in [-0.25, -0.2) is 4.79 Å². The van der Waals surface area contributed by atoms with Crippen LogP contribution < -0.4 is 10.6 Å². The standard InChI is InChI=1S/C11H24N2O2/c1-4-7-12-10(15)13-9-11(2,3)6-5-8-14/h14H,4-9H2,1-3H3,(H2,12,13,15). The molecule has 0 aliphatic carbocycles. The number of nitrogens with one attached hydrogen (secondary N) is 2. The Morgan fingerprint density at radius 2 is 2.00 bits per heavy atom. The summed E-state index contributed by atoms with van der Waals surface area (Å²) < 4.78 is 0. The maximum Gasteiger partial charge on any atom is 0.314 e. The number of hydrogen-bond acceptors (Lipinski definition) is 2. The SMILES string of the molecule is CCCNC(=O)NCC(C)(C)CCCO. The van der Waals surface area contributed by atoms with Crippen molar-refractivity contribution in [3.05, 3.63) is 0 Å². The molecule has 0 spiro atoms. The fourth-order valence-corrected chi connectivity index (χ4v) is 1.27. The second-order valence-electron chi connectivity index (χ2n) is 4.60. The monoisotopic (exact) mass is 216 g/mol. The molecule has 4 nitrogen and oxygen atoms in total. The topological polar surface area (TPSA) is 61.4 Å². The van der Waals surface area contributed by atoms with Gasteiger partial charge >= 0.3 is 6.03 Å². The number of carbonyl (C=O) groups excluding carboxylic acids is 1. The predicted octanol–water partition coefficient (Wildman–Crippen LogP) is 1.49. The highest BCUT2D eigenvalue weighted by Gasteiger charge is 2.17. The Morgan fingerprint density at radius 1 is 1.33 bits per heavy atom. The predicted molar refractivity (Wildman–Crippen MR) is 61.8 cm³/mol. The van der Waals surface area contributed by atoms with Crippen LogP contribution >= 0.6 is 0 Å². The second-order valence-corrected chi connectivity index (χ2v) is 4.60. The van der Waals surface area contributed by atoms with Crippen LogP contribution in [0.1, 0.15) is 40.0 Å². The Labute approximate surface area is 92.4 Å². The molecule has 4 heteroatoms. The van der Waals surface area contributed by atoms with Gasteiger partial charge in [0.2, 0.25) is 0 Å². The molecule has 0 aromatic rings. The largest absolute Gasteiger partial charge is 0.396 e. The summed E-state index contributed by atoms with van der Waals surface area (Å²) in [5.74, 6) is 0. The highest BCUT2D eigenvalue weighted by molar-refractivity contribution is 5.73. The average Bonchev–Trinajstić information content (AvgIpc) is 2.21. The van der Waals surface area contributed by atoms with Crippen LogP contribution in [0.2, 0.25) is 0 Å². The molecule has 15 heavy (non-hydrogen) atoms. The number of urea groups is 1. The maximum atomic E-state index is 11.3. The van der Waals surface area contributed by atoms with Gasteiger partial charge in [-0.3, -0.25) is 0 Å². The summed E-state index contributed by atoms with van der Waals surface area (Å²) in [5, 5.41) is 14.3. The molecular weight excluding hydrogens is 192 g/mol. The van der Waals surface area contributed by atoms with Crippen LogP contribution in [-0.2, 0) is 0 Å². The zero-order valence-corrected chi connectivity index (χ0v) is 10.1. The van der Waals surface area contributed by atoms with Crippen LogP contribution in [-0.4, -0.2) is 30.8 Å². The number of aliphatic hydroxyl groups is 1. The maximum absolute atomic E-state index is 11.3. The van der Waals surface area contributed by atoms with Crippen LogP contribution in [0.4, 0.5) is 4.79 Å². The lowest BCUT2D eigenvalue weighted by molar-refractivity contribution is 0.221. The minimum absolute atomic E-state index is 0.0479. The lowest BCUT2D eigenvalue weighted by Gasteiger charge is -2.24. The van der Waals surface area contributed by atoms with Crippen molar-refractivity contribution < 1.29 is 9.90 Å². The third-order valence-electron chi connectivity index (χ3n) is 2.27. The molecule has 90 valence electrons. The summed E-state index contributed by atoms with van der Waals surface area (Å²) in [6, 6.07) is -0.103. The normalized spacial score (nSPS) is 11.2. The van der Waals surface area contributed by atoms with Crippen molar-refractivity contribution in [1.29, 1.82) is 0 Å². The lowest BCUT2D eigenvalue weighted by Crippen LogP contribution is -2.41. The summed E-state index contributed by atoms with van der Waals surface area (Å²) >= 11 is 0. The van der Waals surface area contributed by atoms with E-state index in [1.165, 1.54) is 0 Å². The molecular formula is C11H24N2O2. The Kier molecular flexibility index (Phi) is 7.13. The van der Waals surface area contributed by atoms with Crippen LogP contribution in [0, 0.1) is 5.41 Å². The molecule has 0 fully saturated rings. The van der Waals surface area contributed by atoms with Crippen LogP contribution in [0.15, 0.2) is 0 Å². The summed E-state index contributed by atoms with van der Waals surface area (Å²) in [6.45, 7) is 7.76. The van der Waals surface area contributed by atoms with Crippen LogP contribution in [0.25, 0.3) is 0 Å². The third kappa shape index (κ3) is 8.24. The van der Waals surface area contributed by atoms with Gasteiger partial charge in [-0.2, -0.15) is 0 Å². The molecule has 2 amide bonds. The Balaban J connectivity index is 3.67. The smallest absolute Gasteiger partial charge is 0.314 e. The van der Waals surface area contributed by atoms with Gasteiger partial charge in [0, 0.05) is 19.7 Å². The lowest BCUT2D eigenvalue weighted by atomic mass is 9.88. The Hall–Kier alpha value is -0.770. The number of hydrogen-bond donors (Lipinski definition) is 3. The van der Waals surface area contributed by atoms with Gasteiger partial charge in [0.15, 0.2) is 0 Å². The fraction of sp³-hybridized carbons (Fsp3) is 0.909. The Bertz CT molecular complexity index is 181. The van der Waals surface area contributed by atoms with Crippen molar-refractivity contribution in [2.45, 2.75) is 40.0 Å². The van der Waals surface area contributed by atoms with E-state index in [4.69, 9.17) is 5.11 Å².